The number of aromatic nitrogens is 1. The molecule has 0 fully saturated rings. The number of halogens is 4. The van der Waals surface area contributed by atoms with Gasteiger partial charge < -0.3 is 9.30 Å². The number of alkyl halides is 3. The molecule has 1 rings (SSSR count). The van der Waals surface area contributed by atoms with Gasteiger partial charge >= 0.3 is 12.1 Å². The predicted molar refractivity (Wildman–Crippen MR) is 83.1 cm³/mol. The first-order valence-corrected chi connectivity index (χ1v) is 7.81. The second-order valence-corrected chi connectivity index (χ2v) is 7.17. The molecule has 8 heteroatoms. The molecule has 0 saturated carbocycles. The van der Waals surface area contributed by atoms with E-state index in [0.29, 0.717) is 6.07 Å². The molecule has 130 valence electrons. The third kappa shape index (κ3) is 5.37. The Bertz CT molecular complexity index is 632. The first kappa shape index (κ1) is 19.7. The minimum Gasteiger partial charge on any atom is -0.464 e. The summed E-state index contributed by atoms with van der Waals surface area (Å²) in [4.78, 5) is 24.3. The molecule has 0 N–H and O–H groups in total. The molecule has 0 aromatic carbocycles. The van der Waals surface area contributed by atoms with Gasteiger partial charge in [0, 0.05) is 16.7 Å². The minimum absolute atomic E-state index is 0.121. The van der Waals surface area contributed by atoms with Gasteiger partial charge in [-0.15, -0.1) is 0 Å². The SMILES string of the molecule is CCOC(=O)C(CC(C)(C)C)n1cc(Br)c(C(F)(F)F)cc1=O. The van der Waals surface area contributed by atoms with Crippen molar-refractivity contribution in [2.75, 3.05) is 6.61 Å². The minimum atomic E-state index is -4.65. The number of esters is 1. The van der Waals surface area contributed by atoms with Gasteiger partial charge in [-0.3, -0.25) is 4.79 Å². The summed E-state index contributed by atoms with van der Waals surface area (Å²) in [6.45, 7) is 7.34. The molecule has 1 atom stereocenters. The normalized spacial score (nSPS) is 13.7. The second kappa shape index (κ2) is 7.07. The quantitative estimate of drug-likeness (QED) is 0.716. The van der Waals surface area contributed by atoms with E-state index in [2.05, 4.69) is 15.9 Å². The molecule has 0 amide bonds. The molecule has 1 heterocycles. The van der Waals surface area contributed by atoms with Crippen LogP contribution in [0.1, 0.15) is 45.7 Å². The lowest BCUT2D eigenvalue weighted by atomic mass is 9.88. The summed E-state index contributed by atoms with van der Waals surface area (Å²) < 4.78 is 44.2. The number of hydrogen-bond acceptors (Lipinski definition) is 3. The zero-order valence-corrected chi connectivity index (χ0v) is 14.9. The van der Waals surface area contributed by atoms with Crippen molar-refractivity contribution in [3.63, 3.8) is 0 Å². The van der Waals surface area contributed by atoms with Crippen molar-refractivity contribution in [2.45, 2.75) is 46.3 Å². The first-order valence-electron chi connectivity index (χ1n) is 7.02. The predicted octanol–water partition coefficient (Wildman–Crippen LogP) is 4.17. The lowest BCUT2D eigenvalue weighted by Gasteiger charge is -2.26. The summed E-state index contributed by atoms with van der Waals surface area (Å²) in [5.74, 6) is -0.642. The number of hydrogen-bond donors (Lipinski definition) is 0. The number of carbonyl (C=O) groups is 1. The topological polar surface area (TPSA) is 48.3 Å². The molecule has 0 saturated heterocycles. The monoisotopic (exact) mass is 397 g/mol. The van der Waals surface area contributed by atoms with Crippen LogP contribution in [0, 0.1) is 5.41 Å². The molecular formula is C15H19BrF3NO3. The molecule has 0 bridgehead atoms. The van der Waals surface area contributed by atoms with Gasteiger partial charge in [0.05, 0.1) is 12.2 Å². The lowest BCUT2D eigenvalue weighted by Crippen LogP contribution is -2.34. The van der Waals surface area contributed by atoms with E-state index >= 15 is 0 Å². The summed E-state index contributed by atoms with van der Waals surface area (Å²) in [7, 11) is 0. The van der Waals surface area contributed by atoms with Crippen LogP contribution in [0.25, 0.3) is 0 Å². The van der Waals surface area contributed by atoms with Crippen LogP contribution in [0.4, 0.5) is 13.2 Å². The summed E-state index contributed by atoms with van der Waals surface area (Å²) in [6.07, 6.45) is -3.40. The molecule has 23 heavy (non-hydrogen) atoms. The van der Waals surface area contributed by atoms with Crippen LogP contribution in [0.2, 0.25) is 0 Å². The van der Waals surface area contributed by atoms with Crippen LogP contribution in [0.15, 0.2) is 21.5 Å². The lowest BCUT2D eigenvalue weighted by molar-refractivity contribution is -0.148. The maximum Gasteiger partial charge on any atom is 0.417 e. The van der Waals surface area contributed by atoms with Crippen LogP contribution >= 0.6 is 15.9 Å². The average molecular weight is 398 g/mol. The molecule has 0 spiro atoms. The van der Waals surface area contributed by atoms with E-state index in [4.69, 9.17) is 4.74 Å². The molecule has 1 unspecified atom stereocenters. The van der Waals surface area contributed by atoms with Gasteiger partial charge in [0.2, 0.25) is 0 Å². The summed E-state index contributed by atoms with van der Waals surface area (Å²) in [5, 5.41) is 0. The van der Waals surface area contributed by atoms with E-state index < -0.39 is 29.3 Å². The van der Waals surface area contributed by atoms with E-state index in [0.717, 1.165) is 10.8 Å². The Labute approximate surface area is 140 Å². The fourth-order valence-corrected chi connectivity index (χ4v) is 2.66. The van der Waals surface area contributed by atoms with E-state index in [1.54, 1.807) is 6.92 Å². The maximum atomic E-state index is 12.8. The molecule has 0 radical (unpaired) electrons. The van der Waals surface area contributed by atoms with Gasteiger partial charge in [-0.25, -0.2) is 4.79 Å². The highest BCUT2D eigenvalue weighted by Crippen LogP contribution is 2.35. The third-order valence-electron chi connectivity index (χ3n) is 3.04. The Morgan fingerprint density at radius 2 is 1.91 bits per heavy atom. The van der Waals surface area contributed by atoms with Crippen molar-refractivity contribution in [1.29, 1.82) is 0 Å². The van der Waals surface area contributed by atoms with Gasteiger partial charge in [-0.2, -0.15) is 13.2 Å². The molecule has 0 aliphatic heterocycles. The number of nitrogens with zero attached hydrogens (tertiary/aromatic N) is 1. The fourth-order valence-electron chi connectivity index (χ4n) is 2.10. The molecule has 1 aromatic heterocycles. The maximum absolute atomic E-state index is 12.8. The second-order valence-electron chi connectivity index (χ2n) is 6.31. The Balaban J connectivity index is 3.40. The van der Waals surface area contributed by atoms with Crippen LogP contribution in [0.5, 0.6) is 0 Å². The fraction of sp³-hybridized carbons (Fsp3) is 0.600. The Morgan fingerprint density at radius 1 is 1.35 bits per heavy atom. The van der Waals surface area contributed by atoms with E-state index in [1.807, 2.05) is 20.8 Å². The number of pyridine rings is 1. The Morgan fingerprint density at radius 3 is 2.35 bits per heavy atom. The van der Waals surface area contributed by atoms with Crippen LogP contribution in [-0.4, -0.2) is 17.1 Å². The zero-order chi connectivity index (χ0) is 18.0. The number of carbonyl (C=O) groups excluding carboxylic acids is 1. The molecular weight excluding hydrogens is 379 g/mol. The number of rotatable bonds is 4. The van der Waals surface area contributed by atoms with Crippen LogP contribution < -0.4 is 5.56 Å². The smallest absolute Gasteiger partial charge is 0.417 e. The van der Waals surface area contributed by atoms with Gasteiger partial charge in [0.25, 0.3) is 5.56 Å². The molecule has 4 nitrogen and oxygen atoms in total. The molecule has 1 aromatic rings. The van der Waals surface area contributed by atoms with Crippen molar-refractivity contribution >= 4 is 21.9 Å². The van der Waals surface area contributed by atoms with Crippen molar-refractivity contribution < 1.29 is 22.7 Å². The average Bonchev–Trinajstić information content (AvgIpc) is 2.36. The summed E-state index contributed by atoms with van der Waals surface area (Å²) in [6, 6.07) is -0.500. The van der Waals surface area contributed by atoms with Crippen LogP contribution in [0.3, 0.4) is 0 Å². The van der Waals surface area contributed by atoms with Crippen LogP contribution in [-0.2, 0) is 15.7 Å². The van der Waals surface area contributed by atoms with E-state index in [9.17, 15) is 22.8 Å². The first-order chi connectivity index (χ1) is 10.4. The van der Waals surface area contributed by atoms with Crippen molar-refractivity contribution in [2.24, 2.45) is 5.41 Å². The van der Waals surface area contributed by atoms with E-state index in [1.165, 1.54) is 0 Å². The van der Waals surface area contributed by atoms with Gasteiger partial charge in [0.1, 0.15) is 6.04 Å². The third-order valence-corrected chi connectivity index (χ3v) is 3.67. The highest BCUT2D eigenvalue weighted by molar-refractivity contribution is 9.10. The Hall–Kier alpha value is -1.31. The van der Waals surface area contributed by atoms with Crippen molar-refractivity contribution in [1.82, 2.24) is 4.57 Å². The number of ether oxygens (including phenoxy) is 1. The van der Waals surface area contributed by atoms with E-state index in [-0.39, 0.29) is 22.9 Å². The highest BCUT2D eigenvalue weighted by Gasteiger charge is 2.35. The van der Waals surface area contributed by atoms with Crippen molar-refractivity contribution in [3.8, 4) is 0 Å². The van der Waals surface area contributed by atoms with Gasteiger partial charge in [-0.05, 0) is 34.7 Å². The van der Waals surface area contributed by atoms with Gasteiger partial charge in [0.15, 0.2) is 0 Å². The summed E-state index contributed by atoms with van der Waals surface area (Å²) in [5.41, 5.74) is -2.30. The summed E-state index contributed by atoms with van der Waals surface area (Å²) >= 11 is 2.82. The zero-order valence-electron chi connectivity index (χ0n) is 13.3. The molecule has 0 aliphatic rings. The standard InChI is InChI=1S/C15H19BrF3NO3/c1-5-23-13(22)11(7-14(2,3)4)20-8-10(16)9(6-12(20)21)15(17,18)19/h6,8,11H,5,7H2,1-4H3. The largest absolute Gasteiger partial charge is 0.464 e. The Kier molecular flexibility index (Phi) is 6.06. The highest BCUT2D eigenvalue weighted by atomic mass is 79.9. The molecule has 0 aliphatic carbocycles. The van der Waals surface area contributed by atoms with Gasteiger partial charge in [-0.1, -0.05) is 20.8 Å². The van der Waals surface area contributed by atoms with Crippen molar-refractivity contribution in [3.05, 3.63) is 32.7 Å².